The molecule has 0 atom stereocenters. The van der Waals surface area contributed by atoms with Crippen molar-refractivity contribution in [2.45, 2.75) is 0 Å². The summed E-state index contributed by atoms with van der Waals surface area (Å²) in [7, 11) is 0. The highest BCUT2D eigenvalue weighted by atomic mass is 19.2. The van der Waals surface area contributed by atoms with Crippen molar-refractivity contribution in [3.8, 4) is 0 Å². The predicted octanol–water partition coefficient (Wildman–Crippen LogP) is 0.296. The highest BCUT2D eigenvalue weighted by molar-refractivity contribution is 4.26. The fraction of sp³-hybridized carbons (Fsp3) is 0. The number of nitro groups is 2. The number of halogens is 1. The van der Waals surface area contributed by atoms with Gasteiger partial charge in [-0.25, -0.2) is 0 Å². The number of quaternary nitrogens is 1. The summed E-state index contributed by atoms with van der Waals surface area (Å²) in [4.78, 5) is 20.7. The van der Waals surface area contributed by atoms with Crippen LogP contribution >= 0.6 is 0 Å². The summed E-state index contributed by atoms with van der Waals surface area (Å²) in [6.45, 7) is 0. The zero-order valence-corrected chi connectivity index (χ0v) is 4.69. The Kier molecular flexibility index (Phi) is 2.23. The molecule has 0 aromatic rings. The molecule has 11 heteroatoms. The first-order valence-corrected chi connectivity index (χ1v) is 1.90. The standard InChI is InChI=1S/FN6O4/c1-7(4-3-2,5(8)9)6(10)11/q+1. The fourth-order valence-corrected chi connectivity index (χ4v) is 0.176. The van der Waals surface area contributed by atoms with Gasteiger partial charge >= 0.3 is 20.3 Å². The largest absolute Gasteiger partial charge is 0.519 e. The zero-order valence-electron chi connectivity index (χ0n) is 4.69. The van der Waals surface area contributed by atoms with Crippen LogP contribution in [0.4, 0.5) is 4.48 Å². The molecular formula is FN6O4+. The SMILES string of the molecule is [N-]=[N+]=N[N+](F)([N+](=O)[O-])[N+](=O)[O-]. The van der Waals surface area contributed by atoms with Crippen LogP contribution in [0.3, 0.4) is 0 Å². The van der Waals surface area contributed by atoms with E-state index in [4.69, 9.17) is 5.53 Å². The predicted molar refractivity (Wildman–Crippen MR) is 24.5 cm³/mol. The fourth-order valence-electron chi connectivity index (χ4n) is 0.176. The molecule has 0 unspecified atom stereocenters. The van der Waals surface area contributed by atoms with E-state index in [2.05, 4.69) is 0 Å². The third-order valence-corrected chi connectivity index (χ3v) is 0.569. The number of azide groups is 1. The van der Waals surface area contributed by atoms with Crippen molar-refractivity contribution in [3.63, 3.8) is 0 Å². The van der Waals surface area contributed by atoms with Gasteiger partial charge in [0, 0.05) is 5.53 Å². The van der Waals surface area contributed by atoms with E-state index in [1.165, 1.54) is 0 Å². The molecule has 0 N–H and O–H groups in total. The summed E-state index contributed by atoms with van der Waals surface area (Å²) in [5.74, 6) is 0. The van der Waals surface area contributed by atoms with Crippen LogP contribution in [0, 0.1) is 20.2 Å². The van der Waals surface area contributed by atoms with Crippen molar-refractivity contribution in [3.05, 3.63) is 30.7 Å². The average Bonchev–Trinajstić information content (AvgIpc) is 1.87. The van der Waals surface area contributed by atoms with E-state index in [9.17, 15) is 24.7 Å². The quantitative estimate of drug-likeness (QED) is 0.149. The van der Waals surface area contributed by atoms with Crippen molar-refractivity contribution in [1.29, 1.82) is 0 Å². The van der Waals surface area contributed by atoms with Crippen LogP contribution in [0.1, 0.15) is 0 Å². The molecule has 11 heavy (non-hydrogen) atoms. The van der Waals surface area contributed by atoms with E-state index < -0.39 is 15.1 Å². The minimum Gasteiger partial charge on any atom is -0.198 e. The van der Waals surface area contributed by atoms with Gasteiger partial charge in [-0.2, -0.15) is 20.2 Å². The number of rotatable bonds is 3. The maximum absolute atomic E-state index is 12.2. The molecule has 0 saturated heterocycles. The smallest absolute Gasteiger partial charge is 0.198 e. The molecular weight excluding hydrogens is 167 g/mol. The molecule has 0 bridgehead atoms. The minimum atomic E-state index is -3.64. The van der Waals surface area contributed by atoms with Crippen molar-refractivity contribution in [2.24, 2.45) is 5.22 Å². The van der Waals surface area contributed by atoms with Gasteiger partial charge < -0.3 is 0 Å². The van der Waals surface area contributed by atoms with Gasteiger partial charge in [0.2, 0.25) is 0 Å². The molecule has 0 aliphatic carbocycles. The summed E-state index contributed by atoms with van der Waals surface area (Å²) in [5, 5.41) is 13.2. The first kappa shape index (κ1) is 9.00. The van der Waals surface area contributed by atoms with Crippen LogP contribution in [-0.2, 0) is 0 Å². The van der Waals surface area contributed by atoms with Crippen LogP contribution < -0.4 is 0 Å². The highest BCUT2D eigenvalue weighted by Gasteiger charge is 2.60. The van der Waals surface area contributed by atoms with Gasteiger partial charge in [-0.3, -0.25) is 0 Å². The van der Waals surface area contributed by atoms with Gasteiger partial charge in [0.1, 0.15) is 0 Å². The molecule has 0 fully saturated rings. The second-order valence-electron chi connectivity index (χ2n) is 1.15. The van der Waals surface area contributed by atoms with Gasteiger partial charge in [-0.1, -0.05) is 0 Å². The lowest BCUT2D eigenvalue weighted by molar-refractivity contribution is -1.62. The molecule has 0 aliphatic rings. The zero-order chi connectivity index (χ0) is 9.07. The maximum atomic E-state index is 12.2. The monoisotopic (exact) mass is 167 g/mol. The van der Waals surface area contributed by atoms with E-state index in [0.717, 1.165) is 0 Å². The van der Waals surface area contributed by atoms with Crippen LogP contribution in [0.2, 0.25) is 0 Å². The molecule has 0 aromatic carbocycles. The Labute approximate surface area is 56.8 Å². The average molecular weight is 167 g/mol. The summed E-state index contributed by atoms with van der Waals surface area (Å²) in [6.07, 6.45) is 0. The molecule has 0 rings (SSSR count). The summed E-state index contributed by atoms with van der Waals surface area (Å²) in [6, 6.07) is 0. The van der Waals surface area contributed by atoms with E-state index in [1.807, 2.05) is 0 Å². The summed E-state index contributed by atoms with van der Waals surface area (Å²) >= 11 is 0. The van der Waals surface area contributed by atoms with Crippen molar-refractivity contribution in [2.75, 3.05) is 0 Å². The van der Waals surface area contributed by atoms with Crippen LogP contribution in [0.15, 0.2) is 5.22 Å². The van der Waals surface area contributed by atoms with Crippen molar-refractivity contribution >= 4 is 0 Å². The number of nitrogens with zero attached hydrogens (tertiary/aromatic N) is 6. The Hall–Kier alpha value is -2.00. The van der Waals surface area contributed by atoms with Gasteiger partial charge in [0.15, 0.2) is 4.48 Å². The molecule has 0 spiro atoms. The normalized spacial score (nSPS) is 9.91. The van der Waals surface area contributed by atoms with E-state index in [0.29, 0.717) is 0 Å². The molecule has 0 aromatic heterocycles. The summed E-state index contributed by atoms with van der Waals surface area (Å²) < 4.78 is 12.2. The van der Waals surface area contributed by atoms with Gasteiger partial charge in [0.05, 0.1) is 4.91 Å². The highest BCUT2D eigenvalue weighted by Crippen LogP contribution is 2.09. The van der Waals surface area contributed by atoms with E-state index in [1.54, 1.807) is 10.1 Å². The van der Waals surface area contributed by atoms with Gasteiger partial charge in [-0.05, 0) is 0 Å². The lowest BCUT2D eigenvalue weighted by atomic mass is 12.0. The summed E-state index contributed by atoms with van der Waals surface area (Å²) in [5.41, 5.74) is 7.49. The van der Waals surface area contributed by atoms with Crippen molar-refractivity contribution in [1.82, 2.24) is 0 Å². The Balaban J connectivity index is 4.97. The molecule has 0 saturated carbocycles. The number of hydrogen-bond donors (Lipinski definition) is 0. The first-order chi connectivity index (χ1) is 4.95. The first-order valence-electron chi connectivity index (χ1n) is 1.90. The maximum Gasteiger partial charge on any atom is 0.519 e. The third-order valence-electron chi connectivity index (χ3n) is 0.569. The molecule has 0 aliphatic heterocycles. The molecule has 0 radical (unpaired) electrons. The third kappa shape index (κ3) is 1.47. The van der Waals surface area contributed by atoms with Gasteiger partial charge in [0.25, 0.3) is 0 Å². The second-order valence-corrected chi connectivity index (χ2v) is 1.15. The Morgan fingerprint density at radius 1 is 1.45 bits per heavy atom. The van der Waals surface area contributed by atoms with Crippen LogP contribution in [0.5, 0.6) is 0 Å². The molecule has 0 heterocycles. The Bertz CT molecular complexity index is 219. The Morgan fingerprint density at radius 3 is 1.91 bits per heavy atom. The van der Waals surface area contributed by atoms with Gasteiger partial charge in [-0.15, -0.1) is 0 Å². The van der Waals surface area contributed by atoms with Crippen LogP contribution in [0.25, 0.3) is 10.4 Å². The minimum absolute atomic E-state index is 1.59. The van der Waals surface area contributed by atoms with E-state index in [-0.39, 0.29) is 0 Å². The lowest BCUT2D eigenvalue weighted by Gasteiger charge is -1.91. The Morgan fingerprint density at radius 2 is 1.82 bits per heavy atom. The molecule has 60 valence electrons. The lowest BCUT2D eigenvalue weighted by Crippen LogP contribution is -2.44. The molecule has 0 amide bonds. The topological polar surface area (TPSA) is 135 Å². The molecule has 10 nitrogen and oxygen atoms in total. The van der Waals surface area contributed by atoms with E-state index >= 15 is 0 Å². The second kappa shape index (κ2) is 2.72. The number of hydrogen-bond acceptors (Lipinski definition) is 5. The van der Waals surface area contributed by atoms with Crippen LogP contribution in [-0.4, -0.2) is 15.1 Å². The van der Waals surface area contributed by atoms with Crippen molar-refractivity contribution < 1.29 is 19.6 Å².